The van der Waals surface area contributed by atoms with E-state index in [9.17, 15) is 14.4 Å². The molecule has 0 saturated carbocycles. The summed E-state index contributed by atoms with van der Waals surface area (Å²) in [5.41, 5.74) is 3.95. The lowest BCUT2D eigenvalue weighted by Crippen LogP contribution is -2.15. The minimum absolute atomic E-state index is 0.0503. The predicted octanol–water partition coefficient (Wildman–Crippen LogP) is 3.43. The lowest BCUT2D eigenvalue weighted by molar-refractivity contribution is -0.145. The highest BCUT2D eigenvalue weighted by Crippen LogP contribution is 2.17. The number of aromatic nitrogens is 2. The second-order valence-electron chi connectivity index (χ2n) is 6.91. The summed E-state index contributed by atoms with van der Waals surface area (Å²) in [5, 5.41) is 0. The molecule has 0 aliphatic heterocycles. The zero-order chi connectivity index (χ0) is 23.0. The van der Waals surface area contributed by atoms with Gasteiger partial charge in [-0.2, -0.15) is 0 Å². The van der Waals surface area contributed by atoms with Gasteiger partial charge in [-0.05, 0) is 58.7 Å². The maximum Gasteiger partial charge on any atom is 0.339 e. The molecular weight excluding hydrogens is 400 g/mol. The molecule has 0 amide bonds. The Bertz CT molecular complexity index is 971. The Hall–Kier alpha value is -3.29. The number of ether oxygens (including phenoxy) is 3. The normalized spacial score (nSPS) is 10.5. The van der Waals surface area contributed by atoms with E-state index in [1.807, 2.05) is 20.8 Å². The summed E-state index contributed by atoms with van der Waals surface area (Å²) < 4.78 is 15.4. The molecule has 1 aromatic carbocycles. The fourth-order valence-electron chi connectivity index (χ4n) is 2.88. The first-order valence-corrected chi connectivity index (χ1v) is 10.2. The molecule has 0 unspecified atom stereocenters. The third-order valence-electron chi connectivity index (χ3n) is 4.64. The van der Waals surface area contributed by atoms with Crippen molar-refractivity contribution in [1.82, 2.24) is 9.97 Å². The SMILES string of the molecule is CCOC(=O)c1ccc(CCC(=O)OCc2nc(C)c(C)nc2C)cc1C(=O)OCC. The standard InChI is InChI=1S/C23H28N2O6/c1-6-29-22(27)18-10-8-17(12-19(18)23(28)30-7-2)9-11-21(26)31-13-20-16(5)24-14(3)15(4)25-20/h8,10,12H,6-7,9,11,13H2,1-5H3. The summed E-state index contributed by atoms with van der Waals surface area (Å²) in [5.74, 6) is -1.60. The average Bonchev–Trinajstić information content (AvgIpc) is 2.74. The Balaban J connectivity index is 2.04. The van der Waals surface area contributed by atoms with Crippen molar-refractivity contribution >= 4 is 17.9 Å². The third-order valence-corrected chi connectivity index (χ3v) is 4.64. The van der Waals surface area contributed by atoms with Crippen molar-refractivity contribution in [3.63, 3.8) is 0 Å². The molecule has 2 aromatic rings. The van der Waals surface area contributed by atoms with Gasteiger partial charge in [0.2, 0.25) is 0 Å². The van der Waals surface area contributed by atoms with Gasteiger partial charge >= 0.3 is 17.9 Å². The van der Waals surface area contributed by atoms with Crippen molar-refractivity contribution in [2.45, 2.75) is 54.1 Å². The molecule has 0 fully saturated rings. The van der Waals surface area contributed by atoms with Gasteiger partial charge in [-0.1, -0.05) is 6.07 Å². The van der Waals surface area contributed by atoms with Crippen LogP contribution in [-0.2, 0) is 32.0 Å². The van der Waals surface area contributed by atoms with Crippen LogP contribution < -0.4 is 0 Å². The van der Waals surface area contributed by atoms with E-state index in [1.165, 1.54) is 6.07 Å². The molecule has 0 aliphatic carbocycles. The van der Waals surface area contributed by atoms with Crippen LogP contribution in [0, 0.1) is 20.8 Å². The van der Waals surface area contributed by atoms with E-state index in [1.54, 1.807) is 26.0 Å². The minimum Gasteiger partial charge on any atom is -0.462 e. The maximum atomic E-state index is 12.3. The molecule has 0 radical (unpaired) electrons. The number of carbonyl (C=O) groups is 3. The van der Waals surface area contributed by atoms with Crippen LogP contribution >= 0.6 is 0 Å². The van der Waals surface area contributed by atoms with E-state index in [0.29, 0.717) is 17.7 Å². The van der Waals surface area contributed by atoms with E-state index < -0.39 is 17.9 Å². The molecule has 2 rings (SSSR count). The number of hydrogen-bond donors (Lipinski definition) is 0. The van der Waals surface area contributed by atoms with Crippen LogP contribution in [0.1, 0.15) is 69.3 Å². The molecular formula is C23H28N2O6. The number of esters is 3. The summed E-state index contributed by atoms with van der Waals surface area (Å²) in [6.07, 6.45) is 0.449. The van der Waals surface area contributed by atoms with Gasteiger partial charge in [-0.3, -0.25) is 14.8 Å². The van der Waals surface area contributed by atoms with Crippen LogP contribution in [0.15, 0.2) is 18.2 Å². The van der Waals surface area contributed by atoms with Gasteiger partial charge < -0.3 is 14.2 Å². The Kier molecular flexibility index (Phi) is 8.66. The van der Waals surface area contributed by atoms with E-state index in [4.69, 9.17) is 14.2 Å². The number of nitrogens with zero attached hydrogens (tertiary/aromatic N) is 2. The maximum absolute atomic E-state index is 12.3. The molecule has 166 valence electrons. The van der Waals surface area contributed by atoms with Crippen molar-refractivity contribution < 1.29 is 28.6 Å². The van der Waals surface area contributed by atoms with Crippen LogP contribution in [-0.4, -0.2) is 41.1 Å². The van der Waals surface area contributed by atoms with Crippen LogP contribution in [0.4, 0.5) is 0 Å². The number of benzene rings is 1. The number of carbonyl (C=O) groups excluding carboxylic acids is 3. The van der Waals surface area contributed by atoms with Crippen LogP contribution in [0.3, 0.4) is 0 Å². The topological polar surface area (TPSA) is 105 Å². The van der Waals surface area contributed by atoms with Crippen molar-refractivity contribution in [3.05, 3.63) is 57.7 Å². The van der Waals surface area contributed by atoms with Crippen LogP contribution in [0.25, 0.3) is 0 Å². The average molecular weight is 428 g/mol. The second-order valence-corrected chi connectivity index (χ2v) is 6.91. The van der Waals surface area contributed by atoms with E-state index >= 15 is 0 Å². The molecule has 1 aromatic heterocycles. The second kappa shape index (κ2) is 11.2. The van der Waals surface area contributed by atoms with Gasteiger partial charge in [-0.15, -0.1) is 0 Å². The van der Waals surface area contributed by atoms with E-state index in [-0.39, 0.29) is 37.4 Å². The molecule has 0 spiro atoms. The fourth-order valence-corrected chi connectivity index (χ4v) is 2.88. The van der Waals surface area contributed by atoms with Crippen LogP contribution in [0.2, 0.25) is 0 Å². The first-order valence-electron chi connectivity index (χ1n) is 10.2. The smallest absolute Gasteiger partial charge is 0.339 e. The number of rotatable bonds is 9. The highest BCUT2D eigenvalue weighted by molar-refractivity contribution is 6.03. The zero-order valence-electron chi connectivity index (χ0n) is 18.6. The Morgan fingerprint density at radius 3 is 2.06 bits per heavy atom. The van der Waals surface area contributed by atoms with Gasteiger partial charge in [-0.25, -0.2) is 9.59 Å². The molecule has 0 N–H and O–H groups in total. The molecule has 0 bridgehead atoms. The van der Waals surface area contributed by atoms with Gasteiger partial charge in [0.15, 0.2) is 0 Å². The van der Waals surface area contributed by atoms with Crippen molar-refractivity contribution in [1.29, 1.82) is 0 Å². The number of hydrogen-bond acceptors (Lipinski definition) is 8. The van der Waals surface area contributed by atoms with Gasteiger partial charge in [0, 0.05) is 6.42 Å². The quantitative estimate of drug-likeness (QED) is 0.442. The first-order chi connectivity index (χ1) is 14.8. The molecule has 0 aliphatic rings. The molecule has 0 saturated heterocycles. The Morgan fingerprint density at radius 2 is 1.42 bits per heavy atom. The molecule has 0 atom stereocenters. The van der Waals surface area contributed by atoms with E-state index in [2.05, 4.69) is 9.97 Å². The summed E-state index contributed by atoms with van der Waals surface area (Å²) in [4.78, 5) is 45.4. The van der Waals surface area contributed by atoms with Gasteiger partial charge in [0.1, 0.15) is 6.61 Å². The Morgan fingerprint density at radius 1 is 0.806 bits per heavy atom. The highest BCUT2D eigenvalue weighted by atomic mass is 16.5. The predicted molar refractivity (Wildman–Crippen MR) is 113 cm³/mol. The zero-order valence-corrected chi connectivity index (χ0v) is 18.6. The summed E-state index contributed by atoms with van der Waals surface area (Å²) >= 11 is 0. The lowest BCUT2D eigenvalue weighted by atomic mass is 10.0. The number of aryl methyl sites for hydroxylation is 4. The summed E-state index contributed by atoms with van der Waals surface area (Å²) in [7, 11) is 0. The van der Waals surface area contributed by atoms with Crippen molar-refractivity contribution in [2.75, 3.05) is 13.2 Å². The molecule has 31 heavy (non-hydrogen) atoms. The monoisotopic (exact) mass is 428 g/mol. The third kappa shape index (κ3) is 6.60. The van der Waals surface area contributed by atoms with Crippen LogP contribution in [0.5, 0.6) is 0 Å². The largest absolute Gasteiger partial charge is 0.462 e. The summed E-state index contributed by atoms with van der Waals surface area (Å²) in [6, 6.07) is 4.75. The minimum atomic E-state index is -0.612. The lowest BCUT2D eigenvalue weighted by Gasteiger charge is -2.11. The molecule has 8 nitrogen and oxygen atoms in total. The summed E-state index contributed by atoms with van der Waals surface area (Å²) in [6.45, 7) is 9.35. The first kappa shape index (κ1) is 24.0. The molecule has 8 heteroatoms. The Labute approximate surface area is 181 Å². The molecule has 1 heterocycles. The fraction of sp³-hybridized carbons (Fsp3) is 0.435. The highest BCUT2D eigenvalue weighted by Gasteiger charge is 2.20. The van der Waals surface area contributed by atoms with Gasteiger partial charge in [0.05, 0.1) is 47.1 Å². The van der Waals surface area contributed by atoms with Crippen molar-refractivity contribution in [2.24, 2.45) is 0 Å². The van der Waals surface area contributed by atoms with Crippen molar-refractivity contribution in [3.8, 4) is 0 Å². The van der Waals surface area contributed by atoms with Gasteiger partial charge in [0.25, 0.3) is 0 Å². The van der Waals surface area contributed by atoms with E-state index in [0.717, 1.165) is 17.1 Å².